The van der Waals surface area contributed by atoms with Crippen LogP contribution in [0.4, 0.5) is 11.4 Å². The van der Waals surface area contributed by atoms with Gasteiger partial charge in [0.25, 0.3) is 5.69 Å². The van der Waals surface area contributed by atoms with E-state index < -0.39 is 16.9 Å². The summed E-state index contributed by atoms with van der Waals surface area (Å²) in [5.41, 5.74) is 1.20. The summed E-state index contributed by atoms with van der Waals surface area (Å²) in [5.74, 6) is -0.974. The van der Waals surface area contributed by atoms with Crippen LogP contribution in [-0.4, -0.2) is 22.0 Å². The number of carbonyl (C=O) groups is 1. The minimum absolute atomic E-state index is 0.0571. The van der Waals surface area contributed by atoms with E-state index in [9.17, 15) is 14.9 Å². The van der Waals surface area contributed by atoms with Crippen molar-refractivity contribution in [2.24, 2.45) is 0 Å². The molecule has 0 aliphatic carbocycles. The minimum atomic E-state index is -0.974. The number of nitro groups is 1. The highest BCUT2D eigenvalue weighted by molar-refractivity contribution is 5.78. The predicted molar refractivity (Wildman–Crippen MR) is 63.2 cm³/mol. The molecule has 1 rings (SSSR count). The first-order valence-electron chi connectivity index (χ1n) is 5.20. The number of carboxylic acids is 1. The zero-order valence-corrected chi connectivity index (χ0v) is 9.64. The third-order valence-electron chi connectivity index (χ3n) is 2.47. The van der Waals surface area contributed by atoms with Crippen molar-refractivity contribution in [2.45, 2.75) is 26.3 Å². The summed E-state index contributed by atoms with van der Waals surface area (Å²) in [4.78, 5) is 21.0. The second-order valence-corrected chi connectivity index (χ2v) is 3.70. The van der Waals surface area contributed by atoms with Crippen LogP contribution in [0.25, 0.3) is 0 Å². The van der Waals surface area contributed by atoms with Gasteiger partial charge in [0, 0.05) is 17.8 Å². The Kier molecular flexibility index (Phi) is 4.03. The highest BCUT2D eigenvalue weighted by Gasteiger charge is 2.17. The van der Waals surface area contributed by atoms with Crippen LogP contribution in [0.5, 0.6) is 0 Å². The predicted octanol–water partition coefficient (Wildman–Crippen LogP) is 2.18. The van der Waals surface area contributed by atoms with Crippen molar-refractivity contribution in [1.29, 1.82) is 0 Å². The Morgan fingerprint density at radius 3 is 2.71 bits per heavy atom. The summed E-state index contributed by atoms with van der Waals surface area (Å²) < 4.78 is 0. The van der Waals surface area contributed by atoms with E-state index in [1.165, 1.54) is 12.1 Å². The van der Waals surface area contributed by atoms with Crippen LogP contribution in [0.2, 0.25) is 0 Å². The minimum Gasteiger partial charge on any atom is -0.480 e. The van der Waals surface area contributed by atoms with Crippen molar-refractivity contribution in [3.63, 3.8) is 0 Å². The van der Waals surface area contributed by atoms with Gasteiger partial charge in [-0.3, -0.25) is 10.1 Å². The van der Waals surface area contributed by atoms with Gasteiger partial charge in [-0.1, -0.05) is 13.0 Å². The van der Waals surface area contributed by atoms with E-state index in [4.69, 9.17) is 5.11 Å². The Balaban J connectivity index is 3.00. The number of hydrogen-bond acceptors (Lipinski definition) is 4. The second-order valence-electron chi connectivity index (χ2n) is 3.70. The topological polar surface area (TPSA) is 92.5 Å². The number of benzene rings is 1. The van der Waals surface area contributed by atoms with Gasteiger partial charge in [-0.2, -0.15) is 0 Å². The molecule has 0 aromatic heterocycles. The number of carboxylic acid groups (broad SMARTS) is 1. The molecule has 0 radical (unpaired) electrons. The zero-order chi connectivity index (χ0) is 13.0. The summed E-state index contributed by atoms with van der Waals surface area (Å²) in [6.45, 7) is 3.50. The van der Waals surface area contributed by atoms with E-state index in [1.54, 1.807) is 19.9 Å². The maximum absolute atomic E-state index is 10.9. The van der Waals surface area contributed by atoms with E-state index in [0.717, 1.165) is 5.56 Å². The van der Waals surface area contributed by atoms with Gasteiger partial charge in [0.15, 0.2) is 0 Å². The molecule has 92 valence electrons. The number of anilines is 1. The molecule has 0 spiro atoms. The van der Waals surface area contributed by atoms with E-state index in [-0.39, 0.29) is 5.69 Å². The third-order valence-corrected chi connectivity index (χ3v) is 2.47. The lowest BCUT2D eigenvalue weighted by Crippen LogP contribution is -2.28. The molecule has 0 saturated heterocycles. The molecule has 17 heavy (non-hydrogen) atoms. The molecular weight excluding hydrogens is 224 g/mol. The smallest absolute Gasteiger partial charge is 0.326 e. The number of hydrogen-bond donors (Lipinski definition) is 2. The van der Waals surface area contributed by atoms with Crippen molar-refractivity contribution < 1.29 is 14.8 Å². The summed E-state index contributed by atoms with van der Waals surface area (Å²) >= 11 is 0. The van der Waals surface area contributed by atoms with E-state index in [2.05, 4.69) is 5.32 Å². The van der Waals surface area contributed by atoms with Gasteiger partial charge in [-0.15, -0.1) is 0 Å². The van der Waals surface area contributed by atoms with Crippen molar-refractivity contribution in [2.75, 3.05) is 5.32 Å². The first-order chi connectivity index (χ1) is 7.95. The molecule has 6 heteroatoms. The Hall–Kier alpha value is -2.11. The van der Waals surface area contributed by atoms with Crippen LogP contribution in [0.3, 0.4) is 0 Å². The molecule has 0 saturated carbocycles. The molecule has 1 aromatic rings. The van der Waals surface area contributed by atoms with Gasteiger partial charge >= 0.3 is 5.97 Å². The fourth-order valence-electron chi connectivity index (χ4n) is 1.41. The lowest BCUT2D eigenvalue weighted by Gasteiger charge is -2.15. The van der Waals surface area contributed by atoms with Gasteiger partial charge in [-0.25, -0.2) is 4.79 Å². The number of rotatable bonds is 5. The van der Waals surface area contributed by atoms with Crippen molar-refractivity contribution in [3.8, 4) is 0 Å². The third kappa shape index (κ3) is 3.17. The summed E-state index contributed by atoms with van der Waals surface area (Å²) in [5, 5.41) is 22.3. The number of nitrogens with zero attached hydrogens (tertiary/aromatic N) is 1. The molecule has 1 atom stereocenters. The molecule has 0 heterocycles. The molecule has 2 N–H and O–H groups in total. The lowest BCUT2D eigenvalue weighted by molar-refractivity contribution is -0.384. The van der Waals surface area contributed by atoms with E-state index in [1.807, 2.05) is 0 Å². The molecule has 1 unspecified atom stereocenters. The van der Waals surface area contributed by atoms with Gasteiger partial charge in [0.05, 0.1) is 4.92 Å². The number of aliphatic carboxylic acids is 1. The van der Waals surface area contributed by atoms with Crippen LogP contribution in [0.1, 0.15) is 18.9 Å². The molecule has 6 nitrogen and oxygen atoms in total. The van der Waals surface area contributed by atoms with E-state index >= 15 is 0 Å². The highest BCUT2D eigenvalue weighted by atomic mass is 16.6. The quantitative estimate of drug-likeness (QED) is 0.605. The Bertz CT molecular complexity index is 445. The fourth-order valence-corrected chi connectivity index (χ4v) is 1.41. The Morgan fingerprint density at radius 1 is 1.59 bits per heavy atom. The standard InChI is InChI=1S/C11H14N2O4/c1-3-9(11(14)15)12-10-6-8(13(16)17)5-4-7(10)2/h4-6,9,12H,3H2,1-2H3,(H,14,15). The molecule has 0 aliphatic heterocycles. The van der Waals surface area contributed by atoms with Crippen LogP contribution in [0.15, 0.2) is 18.2 Å². The summed E-state index contributed by atoms with van der Waals surface area (Å²) in [7, 11) is 0. The van der Waals surface area contributed by atoms with Gasteiger partial charge in [-0.05, 0) is 18.9 Å². The number of aryl methyl sites for hydroxylation is 1. The number of nitro benzene ring substituents is 1. The largest absolute Gasteiger partial charge is 0.480 e. The van der Waals surface area contributed by atoms with E-state index in [0.29, 0.717) is 12.1 Å². The van der Waals surface area contributed by atoms with Gasteiger partial charge in [0.1, 0.15) is 6.04 Å². The maximum atomic E-state index is 10.9. The first-order valence-corrected chi connectivity index (χ1v) is 5.20. The second kappa shape index (κ2) is 5.29. The molecule has 0 fully saturated rings. The molecule has 0 aliphatic rings. The Morgan fingerprint density at radius 2 is 2.24 bits per heavy atom. The fraction of sp³-hybridized carbons (Fsp3) is 0.364. The summed E-state index contributed by atoms with van der Waals surface area (Å²) in [6.07, 6.45) is 0.400. The van der Waals surface area contributed by atoms with Crippen LogP contribution < -0.4 is 5.32 Å². The van der Waals surface area contributed by atoms with Crippen molar-refractivity contribution in [3.05, 3.63) is 33.9 Å². The lowest BCUT2D eigenvalue weighted by atomic mass is 10.1. The van der Waals surface area contributed by atoms with Crippen LogP contribution in [-0.2, 0) is 4.79 Å². The monoisotopic (exact) mass is 238 g/mol. The molecule has 0 bridgehead atoms. The van der Waals surface area contributed by atoms with Gasteiger partial charge in [0.2, 0.25) is 0 Å². The SMILES string of the molecule is CCC(Nc1cc([N+](=O)[O-])ccc1C)C(=O)O. The van der Waals surface area contributed by atoms with Crippen molar-refractivity contribution in [1.82, 2.24) is 0 Å². The zero-order valence-electron chi connectivity index (χ0n) is 9.64. The molecular formula is C11H14N2O4. The molecule has 1 aromatic carbocycles. The van der Waals surface area contributed by atoms with Gasteiger partial charge < -0.3 is 10.4 Å². The molecule has 0 amide bonds. The first kappa shape index (κ1) is 13.0. The van der Waals surface area contributed by atoms with Crippen LogP contribution in [0, 0.1) is 17.0 Å². The average Bonchev–Trinajstić information content (AvgIpc) is 2.27. The maximum Gasteiger partial charge on any atom is 0.326 e. The summed E-state index contributed by atoms with van der Waals surface area (Å²) in [6, 6.07) is 3.59. The normalized spacial score (nSPS) is 11.9. The average molecular weight is 238 g/mol. The number of non-ortho nitro benzene ring substituents is 1. The van der Waals surface area contributed by atoms with Crippen LogP contribution >= 0.6 is 0 Å². The number of nitrogens with one attached hydrogen (secondary N) is 1. The van der Waals surface area contributed by atoms with Crippen molar-refractivity contribution >= 4 is 17.3 Å². The highest BCUT2D eigenvalue weighted by Crippen LogP contribution is 2.22. The Labute approximate surface area is 98.4 Å².